The topological polar surface area (TPSA) is 592 Å². The van der Waals surface area contributed by atoms with E-state index in [1.54, 1.807) is 0 Å². The van der Waals surface area contributed by atoms with Crippen LogP contribution in [0.4, 0.5) is 0 Å². The molecule has 0 aliphatic carbocycles. The predicted molar refractivity (Wildman–Crippen MR) is 265 cm³/mol. The minimum Gasteiger partial charge on any atom is -0.394 e. The van der Waals surface area contributed by atoms with Gasteiger partial charge in [0, 0.05) is 20.8 Å². The van der Waals surface area contributed by atoms with E-state index in [2.05, 4.69) is 16.0 Å². The molecule has 0 radical (unpaired) electrons. The molecule has 7 aliphatic rings. The lowest BCUT2D eigenvalue weighted by Crippen LogP contribution is -2.71. The van der Waals surface area contributed by atoms with E-state index in [4.69, 9.17) is 61.6 Å². The third kappa shape index (κ3) is 15.2. The van der Waals surface area contributed by atoms with Crippen molar-refractivity contribution in [1.82, 2.24) is 16.0 Å². The smallest absolute Gasteiger partial charge is 0.217 e. The van der Waals surface area contributed by atoms with E-state index in [0.717, 1.165) is 20.8 Å². The number of aliphatic hydroxyl groups is 19. The van der Waals surface area contributed by atoms with Gasteiger partial charge >= 0.3 is 0 Å². The van der Waals surface area contributed by atoms with Crippen LogP contribution in [0.25, 0.3) is 0 Å². The van der Waals surface area contributed by atoms with Crippen LogP contribution in [0, 0.1) is 0 Å². The van der Waals surface area contributed by atoms with E-state index in [0.29, 0.717) is 0 Å². The van der Waals surface area contributed by atoms with E-state index in [-0.39, 0.29) is 0 Å². The number of rotatable bonds is 21. The minimum absolute atomic E-state index is 0.759. The highest BCUT2D eigenvalue weighted by atomic mass is 16.8. The van der Waals surface area contributed by atoms with E-state index >= 15 is 0 Å². The number of carbonyl (C=O) groups is 3. The quantitative estimate of drug-likeness (QED) is 0.0507. The maximum absolute atomic E-state index is 12.9. The van der Waals surface area contributed by atoms with E-state index in [1.165, 1.54) is 6.92 Å². The van der Waals surface area contributed by atoms with Gasteiger partial charge in [0.1, 0.15) is 165 Å². The van der Waals surface area contributed by atoms with Gasteiger partial charge < -0.3 is 175 Å². The van der Waals surface area contributed by atoms with Gasteiger partial charge in [0.05, 0.1) is 45.7 Å². The van der Waals surface area contributed by atoms with E-state index < -0.39 is 272 Å². The van der Waals surface area contributed by atoms with E-state index in [9.17, 15) is 111 Å². The number of carbonyl (C=O) groups excluding carboxylic acids is 3. The Morgan fingerprint density at radius 1 is 0.302 bits per heavy atom. The molecule has 86 heavy (non-hydrogen) atoms. The second kappa shape index (κ2) is 30.5. The second-order valence-electron chi connectivity index (χ2n) is 21.8. The van der Waals surface area contributed by atoms with Crippen molar-refractivity contribution in [1.29, 1.82) is 0 Å². The van der Waals surface area contributed by atoms with Crippen molar-refractivity contribution in [2.75, 3.05) is 39.6 Å². The molecule has 38 nitrogen and oxygen atoms in total. The second-order valence-corrected chi connectivity index (χ2v) is 21.8. The van der Waals surface area contributed by atoms with Gasteiger partial charge in [-0.05, 0) is 6.92 Å². The Bertz CT molecular complexity index is 2170. The lowest BCUT2D eigenvalue weighted by molar-refractivity contribution is -0.405. The lowest BCUT2D eigenvalue weighted by Gasteiger charge is -2.51. The molecule has 7 fully saturated rings. The summed E-state index contributed by atoms with van der Waals surface area (Å²) >= 11 is 0. The average molecular weight is 1260 g/mol. The Hall–Kier alpha value is -2.87. The molecule has 0 saturated carbocycles. The molecule has 0 aromatic carbocycles. The van der Waals surface area contributed by atoms with Crippen LogP contribution in [0.5, 0.6) is 0 Å². The van der Waals surface area contributed by atoms with Crippen molar-refractivity contribution in [2.24, 2.45) is 0 Å². The van der Waals surface area contributed by atoms with Crippen LogP contribution < -0.4 is 16.0 Å². The van der Waals surface area contributed by atoms with Crippen molar-refractivity contribution in [2.45, 2.75) is 242 Å². The maximum Gasteiger partial charge on any atom is 0.217 e. The molecule has 38 heteroatoms. The molecule has 3 amide bonds. The monoisotopic (exact) mass is 1260 g/mol. The fourth-order valence-electron chi connectivity index (χ4n) is 11.1. The molecule has 0 aromatic heterocycles. The van der Waals surface area contributed by atoms with Crippen LogP contribution >= 0.6 is 0 Å². The molecule has 35 atom stereocenters. The Labute approximate surface area is 488 Å². The summed E-state index contributed by atoms with van der Waals surface area (Å²) in [5, 5.41) is 215. The largest absolute Gasteiger partial charge is 0.394 e. The van der Waals surface area contributed by atoms with Gasteiger partial charge in [0.25, 0.3) is 0 Å². The van der Waals surface area contributed by atoms with Gasteiger partial charge in [-0.1, -0.05) is 0 Å². The number of amides is 3. The summed E-state index contributed by atoms with van der Waals surface area (Å²) in [6.45, 7) is -1.89. The maximum atomic E-state index is 12.9. The first kappa shape index (κ1) is 70.6. The van der Waals surface area contributed by atoms with Crippen LogP contribution in [0.3, 0.4) is 0 Å². The van der Waals surface area contributed by atoms with Crippen molar-refractivity contribution in [3.8, 4) is 0 Å². The first-order valence-electron chi connectivity index (χ1n) is 27.5. The Morgan fingerprint density at radius 3 is 1.17 bits per heavy atom. The molecular weight excluding hydrogens is 1180 g/mol. The average Bonchev–Trinajstić information content (AvgIpc) is 0.931. The minimum atomic E-state index is -2.31. The van der Waals surface area contributed by atoms with Crippen LogP contribution in [-0.4, -0.2) is 369 Å². The zero-order valence-electron chi connectivity index (χ0n) is 46.5. The summed E-state index contributed by atoms with van der Waals surface area (Å²) in [5.41, 5.74) is 0. The summed E-state index contributed by atoms with van der Waals surface area (Å²) < 4.78 is 76.2. The Morgan fingerprint density at radius 2 is 0.640 bits per heavy atom. The fourth-order valence-corrected chi connectivity index (χ4v) is 11.1. The molecule has 22 N–H and O–H groups in total. The molecule has 0 aromatic rings. The third-order valence-corrected chi connectivity index (χ3v) is 15.7. The van der Waals surface area contributed by atoms with Gasteiger partial charge in [-0.2, -0.15) is 0 Å². The van der Waals surface area contributed by atoms with Gasteiger partial charge in [0.2, 0.25) is 17.7 Å². The van der Waals surface area contributed by atoms with E-state index in [1.807, 2.05) is 0 Å². The number of nitrogens with one attached hydrogen (secondary N) is 3. The zero-order valence-corrected chi connectivity index (χ0v) is 46.5. The molecule has 7 heterocycles. The highest BCUT2D eigenvalue weighted by Gasteiger charge is 2.60. The summed E-state index contributed by atoms with van der Waals surface area (Å²) in [5.74, 6) is -2.55. The Kier molecular flexibility index (Phi) is 25.0. The van der Waals surface area contributed by atoms with Gasteiger partial charge in [-0.15, -0.1) is 0 Å². The molecule has 7 rings (SSSR count). The van der Waals surface area contributed by atoms with Crippen molar-refractivity contribution in [3.05, 3.63) is 0 Å². The number of ether oxygens (including phenoxy) is 13. The van der Waals surface area contributed by atoms with Gasteiger partial charge in [-0.3, -0.25) is 14.4 Å². The number of hydrogen-bond acceptors (Lipinski definition) is 35. The molecule has 0 unspecified atom stereocenters. The first-order valence-corrected chi connectivity index (χ1v) is 27.5. The summed E-state index contributed by atoms with van der Waals surface area (Å²) in [7, 11) is 0. The molecule has 498 valence electrons. The van der Waals surface area contributed by atoms with Crippen LogP contribution in [-0.2, 0) is 76.0 Å². The summed E-state index contributed by atoms with van der Waals surface area (Å²) in [4.78, 5) is 38.0. The zero-order chi connectivity index (χ0) is 63.5. The molecule has 0 spiro atoms. The highest BCUT2D eigenvalue weighted by Crippen LogP contribution is 2.39. The lowest BCUT2D eigenvalue weighted by atomic mass is 9.93. The molecule has 0 bridgehead atoms. The van der Waals surface area contributed by atoms with Crippen molar-refractivity contribution >= 4 is 17.7 Å². The first-order chi connectivity index (χ1) is 40.6. The predicted octanol–water partition coefficient (Wildman–Crippen LogP) is -14.8. The normalized spacial score (nSPS) is 49.4. The van der Waals surface area contributed by atoms with Crippen LogP contribution in [0.2, 0.25) is 0 Å². The van der Waals surface area contributed by atoms with Crippen LogP contribution in [0.15, 0.2) is 0 Å². The standard InChI is InChI=1S/C48H81N3O35/c1-11-24(61)31(68)33(70)45(74-11)86-41-40(85-46-34(71)32(69)25(62)15(5-52)77-46)29(66)19(9-56)79-48(41)81-36-20(10-57)80-43(21(30(36)67)49-12(2)58)84-39-28(65)18(8-55)78-47(35(39)72)83-38-23(51-14(4)60)44(76-17(7-54)27(38)64)82-37-22(50-13(3)59)42(73)75-16(6-53)26(37)63/h11,15-48,52-57,61-73H,5-10H2,1-4H3,(H,49,58)(H,50,59)(H,51,60)/t11-,15+,16+,17+,18+,19+,20+,21+,22+,23+,24+,25-,26-,27+,28-,29-,30+,31+,32-,33-,34+,35+,36+,37+,38+,39-,40-,41+,42-,43-,44-,45-,46+,47-,48-/m0/s1. The third-order valence-electron chi connectivity index (χ3n) is 15.7. The summed E-state index contributed by atoms with van der Waals surface area (Å²) in [6.07, 6.45) is -62.4. The SMILES string of the molecule is CC(=O)N[C@@H]1[C@@H](O[C@@H]2O[C@H](CO)[C@@H](O)[C@H](O[C@@H]3O[C@H](CO)[C@H](O)[C@H](O[C@@H]4O[C@H](CO)[C@@H](O[C@@H]5O[C@H](CO)[C@H](O)[C@H](O[C@H]6O[C@H](CO)[C@H](O)[C@H](O)[C@H]6O)[C@H]5O[C@@H]5O[C@@H](C)[C@@H](O)[C@@H](O)[C@@H]5O)[C@H](O)[C@H]4NC(C)=O)[C@H]3O)[C@H]2NC(C)=O)[C@@H](O)[C@@H](CO)O[C@@H]1O. The Balaban J connectivity index is 1.18. The molecule has 7 saturated heterocycles. The highest BCUT2D eigenvalue weighted by molar-refractivity contribution is 5.74. The number of aliphatic hydroxyl groups excluding tert-OH is 19. The fraction of sp³-hybridized carbons (Fsp3) is 0.938. The van der Waals surface area contributed by atoms with Gasteiger partial charge in [-0.25, -0.2) is 0 Å². The summed E-state index contributed by atoms with van der Waals surface area (Å²) in [6, 6.07) is -5.29. The number of hydrogen-bond donors (Lipinski definition) is 22. The molecular formula is C48H81N3O35. The van der Waals surface area contributed by atoms with Crippen molar-refractivity contribution < 1.29 is 173 Å². The van der Waals surface area contributed by atoms with Crippen LogP contribution in [0.1, 0.15) is 27.7 Å². The van der Waals surface area contributed by atoms with Crippen molar-refractivity contribution in [3.63, 3.8) is 0 Å². The molecule has 7 aliphatic heterocycles. The van der Waals surface area contributed by atoms with Gasteiger partial charge in [0.15, 0.2) is 44.0 Å².